The van der Waals surface area contributed by atoms with E-state index in [0.717, 1.165) is 30.2 Å². The summed E-state index contributed by atoms with van der Waals surface area (Å²) < 4.78 is 0. The van der Waals surface area contributed by atoms with Crippen LogP contribution in [0.2, 0.25) is 0 Å². The Morgan fingerprint density at radius 3 is 2.80 bits per heavy atom. The maximum Gasteiger partial charge on any atom is 0.151 e. The first-order chi connectivity index (χ1) is 7.40. The van der Waals surface area contributed by atoms with E-state index in [1.54, 1.807) is 6.20 Å². The van der Waals surface area contributed by atoms with Gasteiger partial charge in [-0.25, -0.2) is 0 Å². The number of halogens is 1. The Balaban J connectivity index is 1.88. The highest BCUT2D eigenvalue weighted by Gasteiger charge is 2.19. The monoisotopic (exact) mass is 269 g/mol. The van der Waals surface area contributed by atoms with Crippen LogP contribution in [0.4, 0.5) is 5.82 Å². The molecule has 0 N–H and O–H groups in total. The molecule has 0 amide bonds. The van der Waals surface area contributed by atoms with Crippen molar-refractivity contribution in [3.63, 3.8) is 0 Å². The van der Waals surface area contributed by atoms with Crippen LogP contribution in [0.15, 0.2) is 18.3 Å². The quantitative estimate of drug-likeness (QED) is 0.790. The number of anilines is 1. The van der Waals surface area contributed by atoms with E-state index in [1.807, 2.05) is 12.1 Å². The van der Waals surface area contributed by atoms with Crippen LogP contribution in [0.25, 0.3) is 0 Å². The average molecular weight is 270 g/mol. The normalized spacial score (nSPS) is 18.1. The van der Waals surface area contributed by atoms with E-state index in [1.165, 1.54) is 19.3 Å². The van der Waals surface area contributed by atoms with Crippen LogP contribution in [0.1, 0.15) is 19.3 Å². The van der Waals surface area contributed by atoms with Crippen LogP contribution in [0.5, 0.6) is 0 Å². The van der Waals surface area contributed by atoms with Crippen LogP contribution < -0.4 is 4.90 Å². The predicted octanol–water partition coefficient (Wildman–Crippen LogP) is 2.48. The lowest BCUT2D eigenvalue weighted by molar-refractivity contribution is 0.396. The molecule has 4 heteroatoms. The Morgan fingerprint density at radius 2 is 2.20 bits per heavy atom. The second-order valence-corrected chi connectivity index (χ2v) is 4.78. The lowest BCUT2D eigenvalue weighted by Crippen LogP contribution is -2.34. The minimum Gasteiger partial charge on any atom is -0.355 e. The summed E-state index contributed by atoms with van der Waals surface area (Å²) >= 11 is 3.51. The molecule has 0 aromatic carbocycles. The molecule has 1 fully saturated rings. The molecule has 1 aromatic heterocycles. The van der Waals surface area contributed by atoms with Gasteiger partial charge < -0.3 is 4.90 Å². The van der Waals surface area contributed by atoms with Crippen LogP contribution in [0.3, 0.4) is 0 Å². The van der Waals surface area contributed by atoms with Gasteiger partial charge in [0.05, 0.1) is 0 Å². The van der Waals surface area contributed by atoms with Gasteiger partial charge in [-0.15, -0.1) is 5.10 Å². The van der Waals surface area contributed by atoms with E-state index in [2.05, 4.69) is 31.0 Å². The summed E-state index contributed by atoms with van der Waals surface area (Å²) in [5, 5.41) is 9.18. The second-order valence-electron chi connectivity index (χ2n) is 3.99. The Morgan fingerprint density at radius 1 is 1.40 bits per heavy atom. The van der Waals surface area contributed by atoms with Crippen molar-refractivity contribution in [3.8, 4) is 0 Å². The van der Waals surface area contributed by atoms with Crippen molar-refractivity contribution in [1.82, 2.24) is 10.2 Å². The maximum absolute atomic E-state index is 4.14. The number of hydrogen-bond acceptors (Lipinski definition) is 3. The van der Waals surface area contributed by atoms with Crippen molar-refractivity contribution in [2.75, 3.05) is 23.3 Å². The minimum atomic E-state index is 0.886. The van der Waals surface area contributed by atoms with E-state index in [0.29, 0.717) is 0 Å². The zero-order valence-corrected chi connectivity index (χ0v) is 10.4. The van der Waals surface area contributed by atoms with E-state index in [9.17, 15) is 0 Å². The zero-order chi connectivity index (χ0) is 10.5. The molecule has 1 aliphatic rings. The largest absolute Gasteiger partial charge is 0.355 e. The van der Waals surface area contributed by atoms with Crippen molar-refractivity contribution in [3.05, 3.63) is 18.3 Å². The van der Waals surface area contributed by atoms with Gasteiger partial charge in [0, 0.05) is 24.6 Å². The maximum atomic E-state index is 4.14. The molecule has 2 rings (SSSR count). The molecule has 82 valence electrons. The molecule has 15 heavy (non-hydrogen) atoms. The summed E-state index contributed by atoms with van der Waals surface area (Å²) in [5.41, 5.74) is 0. The van der Waals surface area contributed by atoms with E-state index >= 15 is 0 Å². The van der Waals surface area contributed by atoms with E-state index in [-0.39, 0.29) is 0 Å². The van der Waals surface area contributed by atoms with Crippen molar-refractivity contribution in [2.24, 2.45) is 5.92 Å². The first kappa shape index (κ1) is 10.9. The SMILES string of the molecule is BrCCC1CCN(c2cccnn2)CC1. The van der Waals surface area contributed by atoms with Gasteiger partial charge in [-0.3, -0.25) is 0 Å². The first-order valence-corrected chi connectivity index (χ1v) is 6.61. The van der Waals surface area contributed by atoms with Crippen LogP contribution in [-0.4, -0.2) is 28.6 Å². The highest BCUT2D eigenvalue weighted by atomic mass is 79.9. The Bertz CT molecular complexity index is 283. The predicted molar refractivity (Wildman–Crippen MR) is 65.4 cm³/mol. The first-order valence-electron chi connectivity index (χ1n) is 5.49. The fourth-order valence-electron chi connectivity index (χ4n) is 2.07. The molecule has 1 saturated heterocycles. The van der Waals surface area contributed by atoms with E-state index < -0.39 is 0 Å². The van der Waals surface area contributed by atoms with Gasteiger partial charge >= 0.3 is 0 Å². The standard InChI is InChI=1S/C11H16BrN3/c12-6-3-10-4-8-15(9-5-10)11-2-1-7-13-14-11/h1-2,7,10H,3-6,8-9H2. The Hall–Kier alpha value is -0.640. The molecular weight excluding hydrogens is 254 g/mol. The third kappa shape index (κ3) is 2.91. The Labute approximate surface area is 99.0 Å². The van der Waals surface area contributed by atoms with Crippen molar-refractivity contribution >= 4 is 21.7 Å². The van der Waals surface area contributed by atoms with Gasteiger partial charge in [-0.2, -0.15) is 5.10 Å². The average Bonchev–Trinajstić information content (AvgIpc) is 2.32. The van der Waals surface area contributed by atoms with Gasteiger partial charge in [0.2, 0.25) is 0 Å². The summed E-state index contributed by atoms with van der Waals surface area (Å²) in [7, 11) is 0. The van der Waals surface area contributed by atoms with Gasteiger partial charge in [-0.05, 0) is 37.3 Å². The molecular formula is C11H16BrN3. The van der Waals surface area contributed by atoms with Gasteiger partial charge in [0.15, 0.2) is 5.82 Å². The number of nitrogens with zero attached hydrogens (tertiary/aromatic N) is 3. The minimum absolute atomic E-state index is 0.886. The van der Waals surface area contributed by atoms with Crippen molar-refractivity contribution < 1.29 is 0 Å². The zero-order valence-electron chi connectivity index (χ0n) is 8.77. The topological polar surface area (TPSA) is 29.0 Å². The highest BCUT2D eigenvalue weighted by molar-refractivity contribution is 9.09. The number of piperidine rings is 1. The summed E-state index contributed by atoms with van der Waals surface area (Å²) in [5.74, 6) is 1.91. The fraction of sp³-hybridized carbons (Fsp3) is 0.636. The third-order valence-electron chi connectivity index (χ3n) is 3.01. The molecule has 0 unspecified atom stereocenters. The third-order valence-corrected chi connectivity index (χ3v) is 3.47. The molecule has 3 nitrogen and oxygen atoms in total. The van der Waals surface area contributed by atoms with Crippen LogP contribution in [0, 0.1) is 5.92 Å². The summed E-state index contributed by atoms with van der Waals surface area (Å²) in [6.07, 6.45) is 5.58. The molecule has 0 atom stereocenters. The van der Waals surface area contributed by atoms with Gasteiger partial charge in [0.1, 0.15) is 0 Å². The summed E-state index contributed by atoms with van der Waals surface area (Å²) in [6, 6.07) is 3.99. The smallest absolute Gasteiger partial charge is 0.151 e. The van der Waals surface area contributed by atoms with Crippen LogP contribution in [-0.2, 0) is 0 Å². The van der Waals surface area contributed by atoms with Crippen molar-refractivity contribution in [1.29, 1.82) is 0 Å². The number of alkyl halides is 1. The Kier molecular flexibility index (Phi) is 3.94. The fourth-order valence-corrected chi connectivity index (χ4v) is 2.71. The molecule has 0 radical (unpaired) electrons. The molecule has 0 saturated carbocycles. The summed E-state index contributed by atoms with van der Waals surface area (Å²) in [4.78, 5) is 2.33. The number of rotatable bonds is 3. The number of hydrogen-bond donors (Lipinski definition) is 0. The number of aromatic nitrogens is 2. The molecule has 1 aliphatic heterocycles. The molecule has 2 heterocycles. The second kappa shape index (κ2) is 5.45. The van der Waals surface area contributed by atoms with E-state index in [4.69, 9.17) is 0 Å². The molecule has 0 spiro atoms. The lowest BCUT2D eigenvalue weighted by Gasteiger charge is -2.32. The van der Waals surface area contributed by atoms with Gasteiger partial charge in [0.25, 0.3) is 0 Å². The van der Waals surface area contributed by atoms with Crippen LogP contribution >= 0.6 is 15.9 Å². The molecule has 0 bridgehead atoms. The molecule has 0 aliphatic carbocycles. The highest BCUT2D eigenvalue weighted by Crippen LogP contribution is 2.23. The van der Waals surface area contributed by atoms with Crippen molar-refractivity contribution in [2.45, 2.75) is 19.3 Å². The molecule has 1 aromatic rings. The lowest BCUT2D eigenvalue weighted by atomic mass is 9.94. The van der Waals surface area contributed by atoms with Gasteiger partial charge in [-0.1, -0.05) is 15.9 Å². The summed E-state index contributed by atoms with van der Waals surface area (Å²) in [6.45, 7) is 2.24.